The van der Waals surface area contributed by atoms with Crippen LogP contribution in [0.25, 0.3) is 0 Å². The SMILES string of the molecule is C[C@]12CC[C@H]3[C@@H](CCC4=CC(=O)CC[C@@]43C)[C@@H]1CC[C@@H]2OC(=O)CCC(=O)NCC(=O)O. The molecule has 4 rings (SSSR count). The summed E-state index contributed by atoms with van der Waals surface area (Å²) >= 11 is 0. The summed E-state index contributed by atoms with van der Waals surface area (Å²) in [5.41, 5.74) is 1.46. The second-order valence-corrected chi connectivity index (χ2v) is 10.7. The predicted molar refractivity (Wildman–Crippen MR) is 116 cm³/mol. The Balaban J connectivity index is 1.37. The van der Waals surface area contributed by atoms with Crippen LogP contribution in [0, 0.1) is 28.6 Å². The summed E-state index contributed by atoms with van der Waals surface area (Å²) in [5, 5.41) is 10.9. The van der Waals surface area contributed by atoms with Crippen LogP contribution < -0.4 is 5.32 Å². The highest BCUT2D eigenvalue weighted by Gasteiger charge is 2.59. The maximum absolute atomic E-state index is 12.5. The number of carbonyl (C=O) groups excluding carboxylic acids is 3. The van der Waals surface area contributed by atoms with Crippen LogP contribution in [-0.2, 0) is 23.9 Å². The van der Waals surface area contributed by atoms with Crippen molar-refractivity contribution in [3.8, 4) is 0 Å². The molecule has 0 unspecified atom stereocenters. The van der Waals surface area contributed by atoms with Crippen molar-refractivity contribution in [2.45, 2.75) is 84.2 Å². The molecule has 3 saturated carbocycles. The first kappa shape index (κ1) is 23.0. The molecule has 0 aromatic rings. The number of allylic oxidation sites excluding steroid dienone is 1. The fourth-order valence-electron chi connectivity index (χ4n) is 7.40. The number of amides is 1. The van der Waals surface area contributed by atoms with Gasteiger partial charge in [-0.1, -0.05) is 19.4 Å². The van der Waals surface area contributed by atoms with Gasteiger partial charge in [-0.15, -0.1) is 0 Å². The van der Waals surface area contributed by atoms with Gasteiger partial charge in [-0.3, -0.25) is 19.2 Å². The van der Waals surface area contributed by atoms with E-state index in [1.165, 1.54) is 5.57 Å². The number of hydrogen-bond donors (Lipinski definition) is 2. The number of esters is 1. The molecule has 2 N–H and O–H groups in total. The van der Waals surface area contributed by atoms with Crippen LogP contribution in [0.5, 0.6) is 0 Å². The molecule has 3 fully saturated rings. The number of fused-ring (bicyclic) bond motifs is 5. The molecule has 7 heteroatoms. The van der Waals surface area contributed by atoms with Crippen molar-refractivity contribution >= 4 is 23.6 Å². The van der Waals surface area contributed by atoms with Gasteiger partial charge in [0.2, 0.25) is 5.91 Å². The van der Waals surface area contributed by atoms with Crippen molar-refractivity contribution in [2.24, 2.45) is 28.6 Å². The molecule has 7 nitrogen and oxygen atoms in total. The van der Waals surface area contributed by atoms with Crippen LogP contribution in [0.2, 0.25) is 0 Å². The molecule has 0 aromatic carbocycles. The molecule has 176 valence electrons. The van der Waals surface area contributed by atoms with Crippen LogP contribution in [0.15, 0.2) is 11.6 Å². The van der Waals surface area contributed by atoms with Gasteiger partial charge in [0.05, 0.1) is 6.42 Å². The Labute approximate surface area is 189 Å². The summed E-state index contributed by atoms with van der Waals surface area (Å²) in [5.74, 6) is 0.0628. The summed E-state index contributed by atoms with van der Waals surface area (Å²) < 4.78 is 5.89. The van der Waals surface area contributed by atoms with Crippen LogP contribution in [-0.4, -0.2) is 41.4 Å². The average molecular weight is 446 g/mol. The molecule has 0 aromatic heterocycles. The molecule has 0 spiro atoms. The van der Waals surface area contributed by atoms with Crippen molar-refractivity contribution in [1.82, 2.24) is 5.32 Å². The number of carboxylic acid groups (broad SMARTS) is 1. The first-order valence-corrected chi connectivity index (χ1v) is 12.1. The van der Waals surface area contributed by atoms with E-state index in [1.807, 2.05) is 6.08 Å². The second-order valence-electron chi connectivity index (χ2n) is 10.7. The zero-order chi connectivity index (χ0) is 23.1. The third-order valence-electron chi connectivity index (χ3n) is 9.14. The van der Waals surface area contributed by atoms with Gasteiger partial charge in [0, 0.05) is 18.3 Å². The third kappa shape index (κ3) is 4.11. The number of carbonyl (C=O) groups is 4. The third-order valence-corrected chi connectivity index (χ3v) is 9.14. The van der Waals surface area contributed by atoms with E-state index in [2.05, 4.69) is 19.2 Å². The van der Waals surface area contributed by atoms with Crippen molar-refractivity contribution < 1.29 is 29.0 Å². The Bertz CT molecular complexity index is 849. The molecule has 0 saturated heterocycles. The normalized spacial score (nSPS) is 38.1. The van der Waals surface area contributed by atoms with E-state index in [-0.39, 0.29) is 41.5 Å². The number of carboxylic acids is 1. The highest BCUT2D eigenvalue weighted by Crippen LogP contribution is 2.65. The van der Waals surface area contributed by atoms with E-state index in [0.29, 0.717) is 24.2 Å². The van der Waals surface area contributed by atoms with Gasteiger partial charge in [0.1, 0.15) is 12.6 Å². The first-order chi connectivity index (χ1) is 15.1. The summed E-state index contributed by atoms with van der Waals surface area (Å²) in [6.07, 6.45) is 9.50. The fourth-order valence-corrected chi connectivity index (χ4v) is 7.40. The zero-order valence-electron chi connectivity index (χ0n) is 19.2. The molecule has 4 aliphatic carbocycles. The van der Waals surface area contributed by atoms with Crippen LogP contribution >= 0.6 is 0 Å². The largest absolute Gasteiger partial charge is 0.480 e. The zero-order valence-corrected chi connectivity index (χ0v) is 19.2. The van der Waals surface area contributed by atoms with Gasteiger partial charge in [-0.05, 0) is 74.2 Å². The van der Waals surface area contributed by atoms with Gasteiger partial charge >= 0.3 is 11.9 Å². The standard InChI is InChI=1S/C25H35NO6/c1-24-11-9-16(27)13-15(24)3-4-17-18-5-6-20(25(18,2)12-10-19(17)24)32-23(31)8-7-21(28)26-14-22(29)30/h13,17-20H,3-12,14H2,1-2H3,(H,26,28)(H,29,30)/t17-,18-,19-,20-,24-,25-/m0/s1. The molecule has 0 radical (unpaired) electrons. The van der Waals surface area contributed by atoms with Crippen LogP contribution in [0.3, 0.4) is 0 Å². The maximum Gasteiger partial charge on any atom is 0.322 e. The topological polar surface area (TPSA) is 110 Å². The quantitative estimate of drug-likeness (QED) is 0.607. The van der Waals surface area contributed by atoms with Crippen molar-refractivity contribution in [1.29, 1.82) is 0 Å². The minimum Gasteiger partial charge on any atom is -0.480 e. The molecule has 32 heavy (non-hydrogen) atoms. The van der Waals surface area contributed by atoms with Crippen molar-refractivity contribution in [3.63, 3.8) is 0 Å². The van der Waals surface area contributed by atoms with E-state index < -0.39 is 18.4 Å². The van der Waals surface area contributed by atoms with Crippen molar-refractivity contribution in [3.05, 3.63) is 11.6 Å². The van der Waals surface area contributed by atoms with E-state index in [1.54, 1.807) is 0 Å². The van der Waals surface area contributed by atoms with Gasteiger partial charge in [0.15, 0.2) is 5.78 Å². The lowest BCUT2D eigenvalue weighted by atomic mass is 9.47. The van der Waals surface area contributed by atoms with E-state index in [0.717, 1.165) is 44.9 Å². The number of ketones is 1. The number of nitrogens with one attached hydrogen (secondary N) is 1. The number of rotatable bonds is 6. The predicted octanol–water partition coefficient (Wildman–Crippen LogP) is 3.41. The van der Waals surface area contributed by atoms with Gasteiger partial charge in [0.25, 0.3) is 0 Å². The lowest BCUT2D eigenvalue weighted by Gasteiger charge is -2.57. The van der Waals surface area contributed by atoms with Gasteiger partial charge in [-0.2, -0.15) is 0 Å². The number of ether oxygens (including phenoxy) is 1. The Hall–Kier alpha value is -2.18. The fraction of sp³-hybridized carbons (Fsp3) is 0.760. The van der Waals surface area contributed by atoms with E-state index >= 15 is 0 Å². The van der Waals surface area contributed by atoms with Gasteiger partial charge in [-0.25, -0.2) is 0 Å². The summed E-state index contributed by atoms with van der Waals surface area (Å²) in [4.78, 5) is 46.7. The minimum absolute atomic E-state index is 0.0327. The average Bonchev–Trinajstić information content (AvgIpc) is 3.07. The molecular weight excluding hydrogens is 410 g/mol. The summed E-state index contributed by atoms with van der Waals surface area (Å²) in [6, 6.07) is 0. The Morgan fingerprint density at radius 3 is 2.59 bits per heavy atom. The number of aliphatic carboxylic acids is 1. The summed E-state index contributed by atoms with van der Waals surface area (Å²) in [7, 11) is 0. The lowest BCUT2D eigenvalue weighted by Crippen LogP contribution is -2.51. The maximum atomic E-state index is 12.5. The first-order valence-electron chi connectivity index (χ1n) is 12.1. The summed E-state index contributed by atoms with van der Waals surface area (Å²) in [6.45, 7) is 4.20. The molecule has 0 aliphatic heterocycles. The van der Waals surface area contributed by atoms with Crippen LogP contribution in [0.4, 0.5) is 0 Å². The van der Waals surface area contributed by atoms with Crippen molar-refractivity contribution in [2.75, 3.05) is 6.54 Å². The Morgan fingerprint density at radius 1 is 1.06 bits per heavy atom. The highest BCUT2D eigenvalue weighted by molar-refractivity contribution is 5.91. The monoisotopic (exact) mass is 445 g/mol. The van der Waals surface area contributed by atoms with Gasteiger partial charge < -0.3 is 15.2 Å². The highest BCUT2D eigenvalue weighted by atomic mass is 16.5. The van der Waals surface area contributed by atoms with E-state index in [4.69, 9.17) is 9.84 Å². The van der Waals surface area contributed by atoms with Crippen LogP contribution in [0.1, 0.15) is 78.1 Å². The lowest BCUT2D eigenvalue weighted by molar-refractivity contribution is -0.160. The molecule has 1 amide bonds. The Kier molecular flexibility index (Phi) is 6.21. The molecule has 6 atom stereocenters. The second kappa shape index (κ2) is 8.64. The minimum atomic E-state index is -1.11. The van der Waals surface area contributed by atoms with E-state index in [9.17, 15) is 19.2 Å². The smallest absolute Gasteiger partial charge is 0.322 e. The molecule has 0 bridgehead atoms. The molecular formula is C25H35NO6. The molecule has 0 heterocycles. The Morgan fingerprint density at radius 2 is 1.84 bits per heavy atom. The number of hydrogen-bond acceptors (Lipinski definition) is 5. The molecule has 4 aliphatic rings.